The second-order valence-corrected chi connectivity index (χ2v) is 6.70. The third-order valence-corrected chi connectivity index (χ3v) is 4.94. The van der Waals surface area contributed by atoms with Crippen molar-refractivity contribution < 1.29 is 14.6 Å². The number of nitrogens with zero attached hydrogens (tertiary/aromatic N) is 2. The molecule has 1 N–H and O–H groups in total. The van der Waals surface area contributed by atoms with Crippen molar-refractivity contribution in [1.29, 1.82) is 0 Å². The topological polar surface area (TPSA) is 71.8 Å². The lowest BCUT2D eigenvalue weighted by atomic mass is 9.89. The number of hydrogen-bond donors (Lipinski definition) is 1. The van der Waals surface area contributed by atoms with Crippen LogP contribution in [0, 0.1) is 0 Å². The summed E-state index contributed by atoms with van der Waals surface area (Å²) in [5.41, 5.74) is 4.00. The highest BCUT2D eigenvalue weighted by Gasteiger charge is 2.21. The molecule has 4 rings (SSSR count). The van der Waals surface area contributed by atoms with E-state index in [1.165, 1.54) is 24.0 Å². The Balaban J connectivity index is 1.53. The van der Waals surface area contributed by atoms with Crippen LogP contribution in [0.4, 0.5) is 5.69 Å². The molecule has 0 saturated heterocycles. The van der Waals surface area contributed by atoms with Crippen LogP contribution in [-0.2, 0) is 0 Å². The summed E-state index contributed by atoms with van der Waals surface area (Å²) in [5.74, 6) is 0.209. The minimum absolute atomic E-state index is 0.158. The van der Waals surface area contributed by atoms with E-state index >= 15 is 0 Å². The summed E-state index contributed by atoms with van der Waals surface area (Å²) in [6.45, 7) is 0.664. The highest BCUT2D eigenvalue weighted by Crippen LogP contribution is 2.38. The number of hydrogen-bond acceptors (Lipinski definition) is 4. The molecule has 0 fully saturated rings. The fourth-order valence-corrected chi connectivity index (χ4v) is 3.47. The van der Waals surface area contributed by atoms with E-state index in [1.54, 1.807) is 6.21 Å². The Morgan fingerprint density at radius 1 is 1.18 bits per heavy atom. The van der Waals surface area contributed by atoms with Crippen molar-refractivity contribution >= 4 is 17.9 Å². The van der Waals surface area contributed by atoms with E-state index in [2.05, 4.69) is 40.3 Å². The standard InChI is InChI=1S/C23H20N2O3/c26-23(27)20-9-11-24-15-21(20)25-12-8-17-10-13-28-22-14-18(6-7-19(17)22)16-4-2-1-3-5-16/h1-7,9,11-12,14-15,17H,8,10,13H2,(H,26,27). The van der Waals surface area contributed by atoms with Crippen LogP contribution < -0.4 is 4.74 Å². The lowest BCUT2D eigenvalue weighted by Crippen LogP contribution is -2.14. The minimum Gasteiger partial charge on any atom is -0.493 e. The summed E-state index contributed by atoms with van der Waals surface area (Å²) in [6.07, 6.45) is 6.34. The van der Waals surface area contributed by atoms with Gasteiger partial charge in [-0.1, -0.05) is 42.5 Å². The Morgan fingerprint density at radius 3 is 2.86 bits per heavy atom. The largest absolute Gasteiger partial charge is 0.493 e. The first-order chi connectivity index (χ1) is 13.7. The molecule has 5 nitrogen and oxygen atoms in total. The number of benzene rings is 2. The van der Waals surface area contributed by atoms with Gasteiger partial charge in [0.05, 0.1) is 24.1 Å². The highest BCUT2D eigenvalue weighted by molar-refractivity contribution is 5.93. The molecule has 1 unspecified atom stereocenters. The van der Waals surface area contributed by atoms with E-state index in [4.69, 9.17) is 4.74 Å². The maximum absolute atomic E-state index is 11.3. The van der Waals surface area contributed by atoms with E-state index in [9.17, 15) is 9.90 Å². The van der Waals surface area contributed by atoms with Gasteiger partial charge in [-0.05, 0) is 47.6 Å². The molecule has 5 heteroatoms. The Labute approximate surface area is 163 Å². The first-order valence-corrected chi connectivity index (χ1v) is 9.24. The zero-order valence-corrected chi connectivity index (χ0v) is 15.3. The van der Waals surface area contributed by atoms with Gasteiger partial charge in [-0.15, -0.1) is 0 Å². The molecule has 0 spiro atoms. The summed E-state index contributed by atoms with van der Waals surface area (Å²) in [7, 11) is 0. The molecule has 0 saturated carbocycles. The molecule has 3 aromatic rings. The molecule has 2 aromatic carbocycles. The maximum atomic E-state index is 11.3. The van der Waals surface area contributed by atoms with Crippen molar-refractivity contribution in [3.63, 3.8) is 0 Å². The molecule has 0 amide bonds. The van der Waals surface area contributed by atoms with Gasteiger partial charge < -0.3 is 9.84 Å². The molecule has 0 bridgehead atoms. The third kappa shape index (κ3) is 3.78. The number of fused-ring (bicyclic) bond motifs is 1. The smallest absolute Gasteiger partial charge is 0.338 e. The monoisotopic (exact) mass is 372 g/mol. The number of carboxylic acid groups (broad SMARTS) is 1. The number of aromatic carboxylic acids is 1. The Bertz CT molecular complexity index is 1020. The van der Waals surface area contributed by atoms with E-state index < -0.39 is 5.97 Å². The first kappa shape index (κ1) is 17.9. The fourth-order valence-electron chi connectivity index (χ4n) is 3.47. The molecular formula is C23H20N2O3. The number of rotatable bonds is 5. The molecule has 1 aromatic heterocycles. The number of carbonyl (C=O) groups is 1. The van der Waals surface area contributed by atoms with Crippen LogP contribution in [0.3, 0.4) is 0 Å². The van der Waals surface area contributed by atoms with Gasteiger partial charge in [0.1, 0.15) is 5.75 Å². The van der Waals surface area contributed by atoms with Crippen LogP contribution in [0.15, 0.2) is 72.0 Å². The molecule has 28 heavy (non-hydrogen) atoms. The molecule has 1 aliphatic heterocycles. The average molecular weight is 372 g/mol. The van der Waals surface area contributed by atoms with Crippen LogP contribution in [0.1, 0.15) is 34.7 Å². The van der Waals surface area contributed by atoms with Gasteiger partial charge in [0.25, 0.3) is 0 Å². The predicted molar refractivity (Wildman–Crippen MR) is 109 cm³/mol. The van der Waals surface area contributed by atoms with Gasteiger partial charge in [-0.25, -0.2) is 4.79 Å². The normalized spacial score (nSPS) is 15.8. The minimum atomic E-state index is -1.00. The Morgan fingerprint density at radius 2 is 2.04 bits per heavy atom. The molecular weight excluding hydrogens is 352 g/mol. The second-order valence-electron chi connectivity index (χ2n) is 6.70. The van der Waals surface area contributed by atoms with E-state index in [0.717, 1.165) is 29.7 Å². The molecule has 140 valence electrons. The van der Waals surface area contributed by atoms with Crippen molar-refractivity contribution in [1.82, 2.24) is 4.98 Å². The van der Waals surface area contributed by atoms with Crippen LogP contribution in [-0.4, -0.2) is 28.9 Å². The number of pyridine rings is 1. The average Bonchev–Trinajstić information content (AvgIpc) is 2.74. The van der Waals surface area contributed by atoms with Gasteiger partial charge in [-0.3, -0.25) is 9.98 Å². The summed E-state index contributed by atoms with van der Waals surface area (Å²) < 4.78 is 5.90. The van der Waals surface area contributed by atoms with E-state index in [-0.39, 0.29) is 5.56 Å². The highest BCUT2D eigenvalue weighted by atomic mass is 16.5. The number of aromatic nitrogens is 1. The van der Waals surface area contributed by atoms with Crippen molar-refractivity contribution in [2.45, 2.75) is 18.8 Å². The summed E-state index contributed by atoms with van der Waals surface area (Å²) in [5, 5.41) is 9.25. The molecule has 1 atom stereocenters. The van der Waals surface area contributed by atoms with Crippen LogP contribution in [0.5, 0.6) is 5.75 Å². The lowest BCUT2D eigenvalue weighted by Gasteiger charge is -2.25. The molecule has 2 heterocycles. The van der Waals surface area contributed by atoms with Crippen molar-refractivity contribution in [2.24, 2.45) is 4.99 Å². The summed E-state index contributed by atoms with van der Waals surface area (Å²) in [4.78, 5) is 19.6. The second kappa shape index (κ2) is 8.05. The van der Waals surface area contributed by atoms with Crippen molar-refractivity contribution in [3.05, 3.63) is 78.1 Å². The summed E-state index contributed by atoms with van der Waals surface area (Å²) in [6, 6.07) is 18.0. The van der Waals surface area contributed by atoms with Gasteiger partial charge in [0.15, 0.2) is 0 Å². The third-order valence-electron chi connectivity index (χ3n) is 4.94. The molecule has 0 aliphatic carbocycles. The first-order valence-electron chi connectivity index (χ1n) is 9.24. The lowest BCUT2D eigenvalue weighted by molar-refractivity contribution is 0.0697. The van der Waals surface area contributed by atoms with Crippen LogP contribution in [0.2, 0.25) is 0 Å². The van der Waals surface area contributed by atoms with Crippen molar-refractivity contribution in [3.8, 4) is 16.9 Å². The van der Waals surface area contributed by atoms with E-state index in [0.29, 0.717) is 18.2 Å². The quantitative estimate of drug-likeness (QED) is 0.632. The maximum Gasteiger partial charge on any atom is 0.338 e. The van der Waals surface area contributed by atoms with Gasteiger partial charge in [0.2, 0.25) is 0 Å². The number of carboxylic acids is 1. The predicted octanol–water partition coefficient (Wildman–Crippen LogP) is 5.11. The van der Waals surface area contributed by atoms with Crippen LogP contribution in [0.25, 0.3) is 11.1 Å². The zero-order valence-electron chi connectivity index (χ0n) is 15.3. The number of ether oxygens (including phenoxy) is 1. The Kier molecular flexibility index (Phi) is 5.15. The molecule has 1 aliphatic rings. The summed E-state index contributed by atoms with van der Waals surface area (Å²) >= 11 is 0. The van der Waals surface area contributed by atoms with Gasteiger partial charge in [-0.2, -0.15) is 0 Å². The fraction of sp³-hybridized carbons (Fsp3) is 0.174. The van der Waals surface area contributed by atoms with Gasteiger partial charge >= 0.3 is 5.97 Å². The van der Waals surface area contributed by atoms with Gasteiger partial charge in [0, 0.05) is 12.4 Å². The van der Waals surface area contributed by atoms with Crippen LogP contribution >= 0.6 is 0 Å². The number of aliphatic imine (C=N–C) groups is 1. The molecule has 0 radical (unpaired) electrons. The van der Waals surface area contributed by atoms with Crippen molar-refractivity contribution in [2.75, 3.05) is 6.61 Å². The Hall–Kier alpha value is -3.47. The van der Waals surface area contributed by atoms with E-state index in [1.807, 2.05) is 18.2 Å². The zero-order chi connectivity index (χ0) is 19.3. The SMILES string of the molecule is O=C(O)c1ccncc1N=CCC1CCOc2cc(-c3ccccc3)ccc21.